The van der Waals surface area contributed by atoms with Crippen molar-refractivity contribution in [1.29, 1.82) is 0 Å². The molecule has 0 saturated carbocycles. The summed E-state index contributed by atoms with van der Waals surface area (Å²) in [4.78, 5) is 27.4. The van der Waals surface area contributed by atoms with Gasteiger partial charge in [0.1, 0.15) is 17.5 Å². The number of amides is 3. The fraction of sp³-hybridized carbons (Fsp3) is 0.231. The topological polar surface area (TPSA) is 82.7 Å². The second-order valence-corrected chi connectivity index (χ2v) is 8.45. The minimum Gasteiger partial charge on any atom is -0.457 e. The smallest absolute Gasteiger partial charge is 0.319 e. The van der Waals surface area contributed by atoms with Crippen molar-refractivity contribution in [2.75, 3.05) is 32.5 Å². The standard InChI is InChI=1S/C26H29ClN4O3/c1-31(2)17-16-28-25(32)24(18-19-6-4-3-5-7-19)30-26(33)29-21-10-14-23(15-11-21)34-22-12-8-20(27)9-13-22/h3-15,24H,16-18H2,1-2H3,(H,28,32)(H2,29,30,33). The maximum Gasteiger partial charge on any atom is 0.319 e. The molecule has 0 bridgehead atoms. The normalized spacial score (nSPS) is 11.5. The first-order valence-electron chi connectivity index (χ1n) is 11.0. The SMILES string of the molecule is CN(C)CCNC(=O)C(Cc1ccccc1)NC(=O)Nc1ccc(Oc2ccc(Cl)cc2)cc1. The molecule has 3 rings (SSSR count). The third-order valence-electron chi connectivity index (χ3n) is 4.92. The Bertz CT molecular complexity index is 1060. The summed E-state index contributed by atoms with van der Waals surface area (Å²) in [6, 6.07) is 22.4. The number of likely N-dealkylation sites (N-methyl/N-ethyl adjacent to an activating group) is 1. The van der Waals surface area contributed by atoms with Crippen LogP contribution in [0.15, 0.2) is 78.9 Å². The predicted molar refractivity (Wildman–Crippen MR) is 136 cm³/mol. The molecule has 0 aliphatic carbocycles. The van der Waals surface area contributed by atoms with E-state index in [0.717, 1.165) is 5.56 Å². The highest BCUT2D eigenvalue weighted by Gasteiger charge is 2.21. The average molecular weight is 481 g/mol. The molecule has 0 aromatic heterocycles. The molecule has 1 atom stereocenters. The van der Waals surface area contributed by atoms with Gasteiger partial charge in [-0.15, -0.1) is 0 Å². The number of urea groups is 1. The highest BCUT2D eigenvalue weighted by Crippen LogP contribution is 2.24. The summed E-state index contributed by atoms with van der Waals surface area (Å²) in [6.07, 6.45) is 0.385. The molecular weight excluding hydrogens is 452 g/mol. The molecule has 3 aromatic rings. The molecule has 0 spiro atoms. The van der Waals surface area contributed by atoms with Crippen molar-refractivity contribution in [2.24, 2.45) is 0 Å². The molecule has 0 fully saturated rings. The zero-order valence-electron chi connectivity index (χ0n) is 19.3. The molecule has 0 aliphatic heterocycles. The van der Waals surface area contributed by atoms with Crippen LogP contribution in [0.4, 0.5) is 10.5 Å². The van der Waals surface area contributed by atoms with Crippen LogP contribution in [0.25, 0.3) is 0 Å². The lowest BCUT2D eigenvalue weighted by Gasteiger charge is -2.20. The molecule has 3 aromatic carbocycles. The number of halogens is 1. The number of benzene rings is 3. The van der Waals surface area contributed by atoms with Crippen LogP contribution in [-0.4, -0.2) is 50.1 Å². The lowest BCUT2D eigenvalue weighted by Crippen LogP contribution is -2.50. The number of rotatable bonds is 10. The van der Waals surface area contributed by atoms with E-state index in [2.05, 4.69) is 16.0 Å². The zero-order valence-corrected chi connectivity index (χ0v) is 20.0. The van der Waals surface area contributed by atoms with E-state index >= 15 is 0 Å². The number of hydrogen-bond acceptors (Lipinski definition) is 4. The Balaban J connectivity index is 1.58. The number of anilines is 1. The minimum absolute atomic E-state index is 0.229. The van der Waals surface area contributed by atoms with E-state index in [0.29, 0.717) is 41.7 Å². The molecule has 1 unspecified atom stereocenters. The molecule has 34 heavy (non-hydrogen) atoms. The van der Waals surface area contributed by atoms with Crippen LogP contribution in [-0.2, 0) is 11.2 Å². The lowest BCUT2D eigenvalue weighted by molar-refractivity contribution is -0.122. The summed E-state index contributed by atoms with van der Waals surface area (Å²) in [6.45, 7) is 1.20. The molecule has 8 heteroatoms. The maximum absolute atomic E-state index is 12.8. The summed E-state index contributed by atoms with van der Waals surface area (Å²) in [7, 11) is 3.87. The first kappa shape index (κ1) is 25.1. The van der Waals surface area contributed by atoms with Crippen molar-refractivity contribution in [2.45, 2.75) is 12.5 Å². The van der Waals surface area contributed by atoms with Crippen molar-refractivity contribution in [3.05, 3.63) is 89.4 Å². The number of carbonyl (C=O) groups excluding carboxylic acids is 2. The zero-order chi connectivity index (χ0) is 24.3. The molecule has 0 heterocycles. The molecule has 3 amide bonds. The van der Waals surface area contributed by atoms with E-state index in [1.807, 2.05) is 49.3 Å². The Kier molecular flexibility index (Phi) is 9.31. The van der Waals surface area contributed by atoms with E-state index < -0.39 is 12.1 Å². The molecule has 3 N–H and O–H groups in total. The van der Waals surface area contributed by atoms with Crippen LogP contribution >= 0.6 is 11.6 Å². The van der Waals surface area contributed by atoms with Crippen LogP contribution in [0.5, 0.6) is 11.5 Å². The summed E-state index contributed by atoms with van der Waals surface area (Å²) < 4.78 is 5.77. The fourth-order valence-corrected chi connectivity index (χ4v) is 3.28. The second kappa shape index (κ2) is 12.6. The summed E-state index contributed by atoms with van der Waals surface area (Å²) in [5.41, 5.74) is 1.53. The molecule has 178 valence electrons. The van der Waals surface area contributed by atoms with E-state index in [1.165, 1.54) is 0 Å². The van der Waals surface area contributed by atoms with Gasteiger partial charge in [-0.3, -0.25) is 4.79 Å². The van der Waals surface area contributed by atoms with Crippen molar-refractivity contribution in [3.63, 3.8) is 0 Å². The van der Waals surface area contributed by atoms with Gasteiger partial charge in [-0.05, 0) is 68.2 Å². The number of ether oxygens (including phenoxy) is 1. The Labute approximate surface area is 205 Å². The van der Waals surface area contributed by atoms with Gasteiger partial charge in [-0.25, -0.2) is 4.79 Å². The van der Waals surface area contributed by atoms with Gasteiger partial charge in [0.15, 0.2) is 0 Å². The van der Waals surface area contributed by atoms with E-state index in [9.17, 15) is 9.59 Å². The third-order valence-corrected chi connectivity index (χ3v) is 5.18. The maximum atomic E-state index is 12.8. The quantitative estimate of drug-likeness (QED) is 0.398. The van der Waals surface area contributed by atoms with Crippen molar-refractivity contribution >= 4 is 29.2 Å². The highest BCUT2D eigenvalue weighted by molar-refractivity contribution is 6.30. The van der Waals surface area contributed by atoms with E-state index in [4.69, 9.17) is 16.3 Å². The Morgan fingerprint density at radius 3 is 2.15 bits per heavy atom. The van der Waals surface area contributed by atoms with Gasteiger partial charge < -0.3 is 25.6 Å². The Morgan fingerprint density at radius 1 is 0.912 bits per heavy atom. The average Bonchev–Trinajstić information content (AvgIpc) is 2.82. The number of nitrogens with zero attached hydrogens (tertiary/aromatic N) is 1. The van der Waals surface area contributed by atoms with Gasteiger partial charge in [-0.1, -0.05) is 41.9 Å². The van der Waals surface area contributed by atoms with Gasteiger partial charge in [0.25, 0.3) is 0 Å². The monoisotopic (exact) mass is 480 g/mol. The van der Waals surface area contributed by atoms with Crippen LogP contribution < -0.4 is 20.7 Å². The van der Waals surface area contributed by atoms with Crippen LogP contribution in [0.1, 0.15) is 5.56 Å². The van der Waals surface area contributed by atoms with E-state index in [-0.39, 0.29) is 5.91 Å². The minimum atomic E-state index is -0.711. The Hall–Kier alpha value is -3.55. The summed E-state index contributed by atoms with van der Waals surface area (Å²) in [5.74, 6) is 1.05. The van der Waals surface area contributed by atoms with Crippen LogP contribution in [0.3, 0.4) is 0 Å². The van der Waals surface area contributed by atoms with Crippen molar-refractivity contribution in [1.82, 2.24) is 15.5 Å². The lowest BCUT2D eigenvalue weighted by atomic mass is 10.1. The first-order chi connectivity index (χ1) is 16.4. The van der Waals surface area contributed by atoms with Gasteiger partial charge in [0.05, 0.1) is 0 Å². The van der Waals surface area contributed by atoms with E-state index in [1.54, 1.807) is 48.5 Å². The molecular formula is C26H29ClN4O3. The van der Waals surface area contributed by atoms with Gasteiger partial charge >= 0.3 is 6.03 Å². The van der Waals surface area contributed by atoms with Crippen LogP contribution in [0, 0.1) is 0 Å². The van der Waals surface area contributed by atoms with Gasteiger partial charge in [0.2, 0.25) is 5.91 Å². The van der Waals surface area contributed by atoms with Crippen molar-refractivity contribution in [3.8, 4) is 11.5 Å². The van der Waals surface area contributed by atoms with Crippen LogP contribution in [0.2, 0.25) is 5.02 Å². The molecule has 7 nitrogen and oxygen atoms in total. The first-order valence-corrected chi connectivity index (χ1v) is 11.3. The largest absolute Gasteiger partial charge is 0.457 e. The van der Waals surface area contributed by atoms with Gasteiger partial charge in [-0.2, -0.15) is 0 Å². The van der Waals surface area contributed by atoms with Crippen molar-refractivity contribution < 1.29 is 14.3 Å². The Morgan fingerprint density at radius 2 is 1.53 bits per heavy atom. The number of nitrogens with one attached hydrogen (secondary N) is 3. The molecule has 0 saturated heterocycles. The summed E-state index contributed by atoms with van der Waals surface area (Å²) >= 11 is 5.89. The van der Waals surface area contributed by atoms with Gasteiger partial charge in [0, 0.05) is 30.2 Å². The molecule has 0 aliphatic rings. The number of hydrogen-bond donors (Lipinski definition) is 3. The summed E-state index contributed by atoms with van der Waals surface area (Å²) in [5, 5.41) is 9.09. The molecule has 0 radical (unpaired) electrons. The highest BCUT2D eigenvalue weighted by atomic mass is 35.5. The third kappa shape index (κ3) is 8.42. The number of carbonyl (C=O) groups is 2. The second-order valence-electron chi connectivity index (χ2n) is 8.02. The predicted octanol–water partition coefficient (Wildman–Crippen LogP) is 4.54. The fourth-order valence-electron chi connectivity index (χ4n) is 3.16.